The van der Waals surface area contributed by atoms with Crippen LogP contribution in [0, 0.1) is 23.5 Å². The van der Waals surface area contributed by atoms with E-state index in [-0.39, 0.29) is 17.9 Å². The SMILES string of the molecule is CCCCN(C(=O)Nc1ccc(F)cc1F)c1c(-c2cccc(C#CCN(CC)CC)c2)c2cccnc2[nH]c1=O. The number of hydrogen-bond acceptors (Lipinski definition) is 4. The average molecular weight is 558 g/mol. The molecule has 0 fully saturated rings. The summed E-state index contributed by atoms with van der Waals surface area (Å²) in [6, 6.07) is 13.3. The molecular weight excluding hydrogens is 524 g/mol. The minimum atomic E-state index is -0.915. The highest BCUT2D eigenvalue weighted by Crippen LogP contribution is 2.35. The molecule has 0 unspecified atom stereocenters. The quantitative estimate of drug-likeness (QED) is 0.233. The minimum absolute atomic E-state index is 0.104. The van der Waals surface area contributed by atoms with Gasteiger partial charge in [0.25, 0.3) is 5.56 Å². The zero-order valence-corrected chi connectivity index (χ0v) is 23.4. The highest BCUT2D eigenvalue weighted by molar-refractivity contribution is 6.08. The summed E-state index contributed by atoms with van der Waals surface area (Å²) in [5, 5.41) is 3.15. The van der Waals surface area contributed by atoms with Crippen molar-refractivity contribution in [2.75, 3.05) is 36.4 Å². The van der Waals surface area contributed by atoms with Crippen LogP contribution >= 0.6 is 0 Å². The summed E-state index contributed by atoms with van der Waals surface area (Å²) in [5.41, 5.74) is 1.72. The number of aromatic amines is 1. The maximum atomic E-state index is 14.4. The lowest BCUT2D eigenvalue weighted by Crippen LogP contribution is -2.39. The van der Waals surface area contributed by atoms with Gasteiger partial charge in [-0.15, -0.1) is 0 Å². The van der Waals surface area contributed by atoms with E-state index < -0.39 is 23.2 Å². The number of carbonyl (C=O) groups is 1. The summed E-state index contributed by atoms with van der Waals surface area (Å²) in [4.78, 5) is 37.9. The number of H-pyrrole nitrogens is 1. The van der Waals surface area contributed by atoms with Crippen molar-refractivity contribution in [2.45, 2.75) is 33.6 Å². The number of fused-ring (bicyclic) bond motifs is 1. The molecule has 4 rings (SSSR count). The Morgan fingerprint density at radius 1 is 1.05 bits per heavy atom. The summed E-state index contributed by atoms with van der Waals surface area (Å²) < 4.78 is 27.9. The summed E-state index contributed by atoms with van der Waals surface area (Å²) in [5.74, 6) is 4.74. The Hall–Kier alpha value is -4.55. The Morgan fingerprint density at radius 2 is 1.85 bits per heavy atom. The largest absolute Gasteiger partial charge is 0.326 e. The third-order valence-electron chi connectivity index (χ3n) is 6.77. The Bertz CT molecular complexity index is 1650. The number of pyridine rings is 2. The summed E-state index contributed by atoms with van der Waals surface area (Å²) >= 11 is 0. The van der Waals surface area contributed by atoms with Gasteiger partial charge in [0.2, 0.25) is 0 Å². The van der Waals surface area contributed by atoms with Gasteiger partial charge in [0.05, 0.1) is 12.2 Å². The number of unbranched alkanes of at least 4 members (excludes halogenated alkanes) is 1. The van der Waals surface area contributed by atoms with E-state index >= 15 is 0 Å². The van der Waals surface area contributed by atoms with Gasteiger partial charge in [-0.25, -0.2) is 18.6 Å². The van der Waals surface area contributed by atoms with E-state index in [1.807, 2.05) is 37.3 Å². The van der Waals surface area contributed by atoms with Crippen molar-refractivity contribution in [3.8, 4) is 23.0 Å². The van der Waals surface area contributed by atoms with E-state index in [1.165, 1.54) is 4.90 Å². The number of benzene rings is 2. The fourth-order valence-electron chi connectivity index (χ4n) is 4.52. The third kappa shape index (κ3) is 6.97. The van der Waals surface area contributed by atoms with E-state index in [4.69, 9.17) is 0 Å². The van der Waals surface area contributed by atoms with E-state index in [0.29, 0.717) is 41.2 Å². The summed E-state index contributed by atoms with van der Waals surface area (Å²) in [6.07, 6.45) is 2.91. The summed E-state index contributed by atoms with van der Waals surface area (Å²) in [6.45, 7) is 8.76. The molecule has 0 radical (unpaired) electrons. The number of nitrogens with zero attached hydrogens (tertiary/aromatic N) is 3. The second kappa shape index (κ2) is 13.7. The molecule has 2 aromatic heterocycles. The second-order valence-electron chi connectivity index (χ2n) is 9.48. The molecule has 0 aliphatic rings. The fraction of sp³-hybridized carbons (Fsp3) is 0.281. The average Bonchev–Trinajstić information content (AvgIpc) is 2.97. The molecule has 9 heteroatoms. The molecule has 0 saturated heterocycles. The van der Waals surface area contributed by atoms with Crippen LogP contribution in [0.3, 0.4) is 0 Å². The van der Waals surface area contributed by atoms with Crippen molar-refractivity contribution in [3.63, 3.8) is 0 Å². The third-order valence-corrected chi connectivity index (χ3v) is 6.77. The molecule has 0 saturated carbocycles. The molecule has 0 spiro atoms. The van der Waals surface area contributed by atoms with Crippen LogP contribution in [-0.4, -0.2) is 47.1 Å². The molecule has 41 heavy (non-hydrogen) atoms. The zero-order valence-electron chi connectivity index (χ0n) is 23.4. The van der Waals surface area contributed by atoms with Crippen molar-refractivity contribution in [1.82, 2.24) is 14.9 Å². The first-order valence-electron chi connectivity index (χ1n) is 13.7. The number of amides is 2. The second-order valence-corrected chi connectivity index (χ2v) is 9.48. The van der Waals surface area contributed by atoms with E-state index in [9.17, 15) is 18.4 Å². The Kier molecular flexibility index (Phi) is 9.82. The van der Waals surface area contributed by atoms with E-state index in [1.54, 1.807) is 12.3 Å². The lowest BCUT2D eigenvalue weighted by atomic mass is 9.98. The number of aromatic nitrogens is 2. The molecule has 7 nitrogen and oxygen atoms in total. The maximum absolute atomic E-state index is 14.4. The van der Waals surface area contributed by atoms with E-state index in [2.05, 4.69) is 45.9 Å². The van der Waals surface area contributed by atoms with E-state index in [0.717, 1.165) is 37.2 Å². The molecule has 0 bridgehead atoms. The van der Waals surface area contributed by atoms with Crippen LogP contribution in [0.15, 0.2) is 65.6 Å². The van der Waals surface area contributed by atoms with Gasteiger partial charge in [-0.05, 0) is 61.5 Å². The van der Waals surface area contributed by atoms with Crippen LogP contribution in [0.25, 0.3) is 22.2 Å². The van der Waals surface area contributed by atoms with Crippen molar-refractivity contribution >= 4 is 28.4 Å². The standard InChI is InChI=1S/C32H33F2N5O2/c1-4-7-19-39(32(41)36-27-16-15-24(33)21-26(27)34)29-28(25-14-9-17-35-30(25)37-31(29)40)23-13-8-11-22(20-23)12-10-18-38(5-2)6-3/h8-9,11,13-17,20-21H,4-7,18-19H2,1-3H3,(H,36,41)(H,35,37,40). The van der Waals surface area contributed by atoms with Crippen LogP contribution in [0.4, 0.5) is 25.0 Å². The number of hydrogen-bond donors (Lipinski definition) is 2. The summed E-state index contributed by atoms with van der Waals surface area (Å²) in [7, 11) is 0. The van der Waals surface area contributed by atoms with Gasteiger partial charge in [0, 0.05) is 35.3 Å². The highest BCUT2D eigenvalue weighted by Gasteiger charge is 2.26. The molecule has 2 aromatic carbocycles. The van der Waals surface area contributed by atoms with Gasteiger partial charge in [0.15, 0.2) is 0 Å². The number of halogens is 2. The van der Waals surface area contributed by atoms with Gasteiger partial charge in [-0.1, -0.05) is 51.2 Å². The molecule has 212 valence electrons. The lowest BCUT2D eigenvalue weighted by Gasteiger charge is -2.25. The Morgan fingerprint density at radius 3 is 2.59 bits per heavy atom. The first kappa shape index (κ1) is 29.4. The molecule has 0 atom stereocenters. The maximum Gasteiger partial charge on any atom is 0.326 e. The molecule has 4 aromatic rings. The van der Waals surface area contributed by atoms with Crippen molar-refractivity contribution in [2.24, 2.45) is 0 Å². The predicted molar refractivity (Wildman–Crippen MR) is 160 cm³/mol. The van der Waals surface area contributed by atoms with Crippen LogP contribution in [-0.2, 0) is 0 Å². The predicted octanol–water partition coefficient (Wildman–Crippen LogP) is 6.40. The number of rotatable bonds is 9. The van der Waals surface area contributed by atoms with Crippen LogP contribution in [0.2, 0.25) is 0 Å². The lowest BCUT2D eigenvalue weighted by molar-refractivity contribution is 0.256. The Labute approximate surface area is 238 Å². The monoisotopic (exact) mass is 557 g/mol. The fourth-order valence-corrected chi connectivity index (χ4v) is 4.52. The zero-order chi connectivity index (χ0) is 29.4. The number of urea groups is 1. The normalized spacial score (nSPS) is 10.9. The minimum Gasteiger partial charge on any atom is -0.305 e. The van der Waals surface area contributed by atoms with Gasteiger partial charge in [-0.3, -0.25) is 14.6 Å². The van der Waals surface area contributed by atoms with Crippen molar-refractivity contribution in [1.29, 1.82) is 0 Å². The first-order chi connectivity index (χ1) is 19.9. The van der Waals surface area contributed by atoms with Crippen LogP contribution in [0.5, 0.6) is 0 Å². The van der Waals surface area contributed by atoms with Crippen molar-refractivity contribution < 1.29 is 13.6 Å². The molecular formula is C32H33F2N5O2. The van der Waals surface area contributed by atoms with Gasteiger partial charge < -0.3 is 10.3 Å². The van der Waals surface area contributed by atoms with Gasteiger partial charge in [-0.2, -0.15) is 0 Å². The molecule has 2 amide bonds. The van der Waals surface area contributed by atoms with Crippen molar-refractivity contribution in [3.05, 3.63) is 88.3 Å². The number of anilines is 2. The smallest absolute Gasteiger partial charge is 0.305 e. The number of nitrogens with one attached hydrogen (secondary N) is 2. The Balaban J connectivity index is 1.86. The first-order valence-corrected chi connectivity index (χ1v) is 13.7. The van der Waals surface area contributed by atoms with Gasteiger partial charge in [0.1, 0.15) is 23.0 Å². The molecule has 0 aliphatic heterocycles. The molecule has 0 aliphatic carbocycles. The van der Waals surface area contributed by atoms with Crippen LogP contribution in [0.1, 0.15) is 39.2 Å². The molecule has 2 N–H and O–H groups in total. The highest BCUT2D eigenvalue weighted by atomic mass is 19.1. The van der Waals surface area contributed by atoms with Gasteiger partial charge >= 0.3 is 6.03 Å². The number of carbonyl (C=O) groups excluding carboxylic acids is 1. The molecule has 2 heterocycles. The topological polar surface area (TPSA) is 81.3 Å². The van der Waals surface area contributed by atoms with Crippen LogP contribution < -0.4 is 15.8 Å².